The summed E-state index contributed by atoms with van der Waals surface area (Å²) in [4.78, 5) is 33.0. The minimum atomic E-state index is -1.82. The maximum Gasteiger partial charge on any atom is 0.414 e. The molecule has 0 saturated heterocycles. The molecule has 92 valence electrons. The van der Waals surface area contributed by atoms with E-state index in [1.165, 1.54) is 0 Å². The second kappa shape index (κ2) is 7.80. The van der Waals surface area contributed by atoms with Crippen LogP contribution in [-0.2, 0) is 14.3 Å². The number of pyridine rings is 1. The lowest BCUT2D eigenvalue weighted by Crippen LogP contribution is -2.09. The van der Waals surface area contributed by atoms with Gasteiger partial charge in [-0.3, -0.25) is 0 Å². The van der Waals surface area contributed by atoms with Gasteiger partial charge in [0.1, 0.15) is 5.69 Å². The van der Waals surface area contributed by atoms with Crippen molar-refractivity contribution in [3.63, 3.8) is 0 Å². The number of carboxylic acids is 2. The molecule has 2 N–H and O–H groups in total. The molecule has 0 aromatic carbocycles. The van der Waals surface area contributed by atoms with Crippen molar-refractivity contribution in [2.75, 3.05) is 6.61 Å². The fourth-order valence-electron chi connectivity index (χ4n) is 0.689. The van der Waals surface area contributed by atoms with E-state index >= 15 is 0 Å². The normalized spacial score (nSPS) is 8.53. The van der Waals surface area contributed by atoms with E-state index in [4.69, 9.17) is 24.5 Å². The Morgan fingerprint density at radius 3 is 2.18 bits per heavy atom. The molecule has 1 heterocycles. The van der Waals surface area contributed by atoms with Crippen LogP contribution < -0.4 is 0 Å². The maximum atomic E-state index is 11.0. The van der Waals surface area contributed by atoms with E-state index in [-0.39, 0.29) is 5.97 Å². The van der Waals surface area contributed by atoms with Crippen LogP contribution in [0.15, 0.2) is 24.4 Å². The van der Waals surface area contributed by atoms with Gasteiger partial charge in [0.2, 0.25) is 0 Å². The highest BCUT2D eigenvalue weighted by Crippen LogP contribution is 1.95. The molecule has 0 aliphatic carbocycles. The van der Waals surface area contributed by atoms with Crippen LogP contribution in [-0.4, -0.2) is 39.7 Å². The first kappa shape index (κ1) is 14.6. The first-order valence-corrected chi connectivity index (χ1v) is 4.53. The number of hydrogen-bond donors (Lipinski definition) is 2. The van der Waals surface area contributed by atoms with Crippen molar-refractivity contribution in [1.82, 2.24) is 4.98 Å². The molecular weight excluding hydrogens is 230 g/mol. The summed E-state index contributed by atoms with van der Waals surface area (Å²) in [7, 11) is 0. The Morgan fingerprint density at radius 2 is 1.82 bits per heavy atom. The molecule has 1 aromatic heterocycles. The van der Waals surface area contributed by atoms with E-state index in [1.807, 2.05) is 0 Å². The average molecular weight is 241 g/mol. The Bertz CT molecular complexity index is 377. The van der Waals surface area contributed by atoms with Crippen LogP contribution in [0.3, 0.4) is 0 Å². The number of carbonyl (C=O) groups excluding carboxylic acids is 1. The zero-order valence-electron chi connectivity index (χ0n) is 8.99. The third-order valence-corrected chi connectivity index (χ3v) is 1.33. The number of carbonyl (C=O) groups is 3. The van der Waals surface area contributed by atoms with Gasteiger partial charge in [0, 0.05) is 6.20 Å². The molecule has 7 nitrogen and oxygen atoms in total. The zero-order valence-corrected chi connectivity index (χ0v) is 8.99. The standard InChI is InChI=1S/C8H9NO2.C2H2O4/c1-2-11-8(10)7-5-3-4-6-9-7;3-1(4)2(5)6/h3-6H,2H2,1H3;(H,3,4)(H,5,6). The molecule has 1 aromatic rings. The summed E-state index contributed by atoms with van der Waals surface area (Å²) in [5, 5.41) is 14.8. The van der Waals surface area contributed by atoms with Crippen molar-refractivity contribution in [1.29, 1.82) is 0 Å². The SMILES string of the molecule is CCOC(=O)c1ccccn1.O=C(O)C(=O)O. The molecule has 7 heteroatoms. The topological polar surface area (TPSA) is 114 Å². The van der Waals surface area contributed by atoms with Crippen LogP contribution in [0.1, 0.15) is 17.4 Å². The first-order chi connectivity index (χ1) is 7.99. The van der Waals surface area contributed by atoms with Gasteiger partial charge >= 0.3 is 17.9 Å². The molecule has 0 radical (unpaired) electrons. The number of carboxylic acid groups (broad SMARTS) is 2. The third kappa shape index (κ3) is 6.61. The summed E-state index contributed by atoms with van der Waals surface area (Å²) in [6, 6.07) is 5.12. The van der Waals surface area contributed by atoms with Gasteiger partial charge in [-0.2, -0.15) is 0 Å². The van der Waals surface area contributed by atoms with Gasteiger partial charge in [0.15, 0.2) is 0 Å². The predicted octanol–water partition coefficient (Wildman–Crippen LogP) is 0.414. The molecular formula is C10H11NO6. The van der Waals surface area contributed by atoms with E-state index in [9.17, 15) is 4.79 Å². The summed E-state index contributed by atoms with van der Waals surface area (Å²) in [6.45, 7) is 2.15. The first-order valence-electron chi connectivity index (χ1n) is 4.53. The summed E-state index contributed by atoms with van der Waals surface area (Å²) in [6.07, 6.45) is 1.56. The molecule has 1 rings (SSSR count). The van der Waals surface area contributed by atoms with Gasteiger partial charge in [-0.1, -0.05) is 6.07 Å². The smallest absolute Gasteiger partial charge is 0.414 e. The van der Waals surface area contributed by atoms with Gasteiger partial charge in [0.05, 0.1) is 6.61 Å². The van der Waals surface area contributed by atoms with Crippen molar-refractivity contribution < 1.29 is 29.3 Å². The highest BCUT2D eigenvalue weighted by Gasteiger charge is 2.04. The molecule has 0 aliphatic heterocycles. The number of esters is 1. The van der Waals surface area contributed by atoms with E-state index in [0.29, 0.717) is 12.3 Å². The zero-order chi connectivity index (χ0) is 13.3. The Balaban J connectivity index is 0.000000366. The van der Waals surface area contributed by atoms with Gasteiger partial charge in [-0.05, 0) is 19.1 Å². The fourth-order valence-corrected chi connectivity index (χ4v) is 0.689. The van der Waals surface area contributed by atoms with E-state index in [1.54, 1.807) is 31.3 Å². The lowest BCUT2D eigenvalue weighted by atomic mass is 10.4. The number of aliphatic carboxylic acids is 2. The Labute approximate surface area is 96.7 Å². The predicted molar refractivity (Wildman–Crippen MR) is 55.5 cm³/mol. The van der Waals surface area contributed by atoms with Gasteiger partial charge in [-0.15, -0.1) is 0 Å². The number of aromatic nitrogens is 1. The Hall–Kier alpha value is -2.44. The molecule has 0 unspecified atom stereocenters. The molecule has 0 saturated carbocycles. The molecule has 0 atom stereocenters. The lowest BCUT2D eigenvalue weighted by molar-refractivity contribution is -0.159. The Morgan fingerprint density at radius 1 is 1.24 bits per heavy atom. The number of rotatable bonds is 2. The largest absolute Gasteiger partial charge is 0.473 e. The quantitative estimate of drug-likeness (QED) is 0.569. The lowest BCUT2D eigenvalue weighted by Gasteiger charge is -1.98. The summed E-state index contributed by atoms with van der Waals surface area (Å²) >= 11 is 0. The number of hydrogen-bond acceptors (Lipinski definition) is 5. The highest BCUT2D eigenvalue weighted by molar-refractivity contribution is 6.27. The molecule has 0 aliphatic rings. The van der Waals surface area contributed by atoms with E-state index in [0.717, 1.165) is 0 Å². The summed E-state index contributed by atoms with van der Waals surface area (Å²) < 4.78 is 4.73. The maximum absolute atomic E-state index is 11.0. The van der Waals surface area contributed by atoms with E-state index in [2.05, 4.69) is 4.98 Å². The third-order valence-electron chi connectivity index (χ3n) is 1.33. The molecule has 17 heavy (non-hydrogen) atoms. The van der Waals surface area contributed by atoms with Crippen LogP contribution >= 0.6 is 0 Å². The molecule has 0 amide bonds. The summed E-state index contributed by atoms with van der Waals surface area (Å²) in [5.41, 5.74) is 0.356. The molecule has 0 fully saturated rings. The van der Waals surface area contributed by atoms with Crippen LogP contribution in [0.2, 0.25) is 0 Å². The minimum Gasteiger partial charge on any atom is -0.473 e. The number of ether oxygens (including phenoxy) is 1. The summed E-state index contributed by atoms with van der Waals surface area (Å²) in [5.74, 6) is -4.02. The van der Waals surface area contributed by atoms with Gasteiger partial charge in [0.25, 0.3) is 0 Å². The molecule has 0 bridgehead atoms. The Kier molecular flexibility index (Phi) is 6.68. The van der Waals surface area contributed by atoms with Gasteiger partial charge < -0.3 is 14.9 Å². The minimum absolute atomic E-state index is 0.356. The van der Waals surface area contributed by atoms with Crippen LogP contribution in [0.4, 0.5) is 0 Å². The second-order valence-electron chi connectivity index (χ2n) is 2.55. The monoisotopic (exact) mass is 241 g/mol. The van der Waals surface area contributed by atoms with E-state index < -0.39 is 11.9 Å². The number of nitrogens with zero attached hydrogens (tertiary/aromatic N) is 1. The highest BCUT2D eigenvalue weighted by atomic mass is 16.5. The van der Waals surface area contributed by atoms with Crippen molar-refractivity contribution in [3.05, 3.63) is 30.1 Å². The molecule has 0 spiro atoms. The van der Waals surface area contributed by atoms with Crippen LogP contribution in [0.5, 0.6) is 0 Å². The van der Waals surface area contributed by atoms with Crippen molar-refractivity contribution >= 4 is 17.9 Å². The fraction of sp³-hybridized carbons (Fsp3) is 0.200. The van der Waals surface area contributed by atoms with Gasteiger partial charge in [-0.25, -0.2) is 19.4 Å². The van der Waals surface area contributed by atoms with Crippen molar-refractivity contribution in [2.45, 2.75) is 6.92 Å². The van der Waals surface area contributed by atoms with Crippen LogP contribution in [0, 0.1) is 0 Å². The average Bonchev–Trinajstić information content (AvgIpc) is 2.31. The second-order valence-corrected chi connectivity index (χ2v) is 2.55. The van der Waals surface area contributed by atoms with Crippen molar-refractivity contribution in [2.24, 2.45) is 0 Å². The van der Waals surface area contributed by atoms with Crippen LogP contribution in [0.25, 0.3) is 0 Å². The van der Waals surface area contributed by atoms with Crippen molar-refractivity contribution in [3.8, 4) is 0 Å².